The summed E-state index contributed by atoms with van der Waals surface area (Å²) < 4.78 is 22.6. The molecule has 7 heteroatoms. The first kappa shape index (κ1) is 21.5. The smallest absolute Gasteiger partial charge is 0.238 e. The fourth-order valence-corrected chi connectivity index (χ4v) is 3.88. The van der Waals surface area contributed by atoms with Gasteiger partial charge < -0.3 is 5.32 Å². The zero-order valence-electron chi connectivity index (χ0n) is 16.8. The van der Waals surface area contributed by atoms with Gasteiger partial charge in [-0.3, -0.25) is 9.69 Å². The molecule has 1 atom stereocenters. The Labute approximate surface area is 173 Å². The lowest BCUT2D eigenvalue weighted by Crippen LogP contribution is -2.40. The topological polar surface area (TPSA) is 92.5 Å². The zero-order chi connectivity index (χ0) is 20.9. The van der Waals surface area contributed by atoms with Crippen LogP contribution < -0.4 is 10.5 Å². The Bertz CT molecular complexity index is 910. The van der Waals surface area contributed by atoms with E-state index in [1.807, 2.05) is 18.2 Å². The predicted octanol–water partition coefficient (Wildman–Crippen LogP) is 2.47. The molecule has 1 aliphatic rings. The molecule has 0 radical (unpaired) electrons. The molecule has 0 aromatic heterocycles. The lowest BCUT2D eigenvalue weighted by Gasteiger charge is -2.29. The van der Waals surface area contributed by atoms with Gasteiger partial charge in [0.25, 0.3) is 0 Å². The Balaban J connectivity index is 1.51. The van der Waals surface area contributed by atoms with Crippen LogP contribution in [0.25, 0.3) is 0 Å². The van der Waals surface area contributed by atoms with Crippen LogP contribution in [0.4, 0.5) is 0 Å². The molecule has 1 unspecified atom stereocenters. The minimum absolute atomic E-state index is 0.00888. The van der Waals surface area contributed by atoms with E-state index in [9.17, 15) is 13.2 Å². The van der Waals surface area contributed by atoms with Crippen molar-refractivity contribution in [2.75, 3.05) is 19.6 Å². The largest absolute Gasteiger partial charge is 0.355 e. The number of primary sulfonamides is 1. The van der Waals surface area contributed by atoms with Gasteiger partial charge >= 0.3 is 0 Å². The lowest BCUT2D eigenvalue weighted by molar-refractivity contribution is -0.122. The van der Waals surface area contributed by atoms with Gasteiger partial charge in [0.15, 0.2) is 0 Å². The average Bonchev–Trinajstić information content (AvgIpc) is 3.51. The number of nitrogens with two attached hydrogens (primary N) is 1. The third-order valence-electron chi connectivity index (χ3n) is 5.35. The Hall–Kier alpha value is -2.22. The molecule has 2 aromatic rings. The van der Waals surface area contributed by atoms with Crippen LogP contribution in [0.1, 0.15) is 36.9 Å². The number of nitrogens with zero attached hydrogens (tertiary/aromatic N) is 1. The molecule has 156 valence electrons. The molecule has 1 aliphatic carbocycles. The predicted molar refractivity (Wildman–Crippen MR) is 114 cm³/mol. The van der Waals surface area contributed by atoms with Gasteiger partial charge in [0.05, 0.1) is 11.4 Å². The lowest BCUT2D eigenvalue weighted by atomic mass is 10.1. The van der Waals surface area contributed by atoms with Crippen LogP contribution in [-0.4, -0.2) is 38.9 Å². The highest BCUT2D eigenvalue weighted by molar-refractivity contribution is 7.89. The normalized spacial score (nSPS) is 15.3. The number of carbonyl (C=O) groups is 1. The molecule has 0 spiro atoms. The van der Waals surface area contributed by atoms with E-state index in [-0.39, 0.29) is 16.8 Å². The summed E-state index contributed by atoms with van der Waals surface area (Å²) in [6.45, 7) is 3.97. The summed E-state index contributed by atoms with van der Waals surface area (Å²) in [5, 5.41) is 8.09. The Morgan fingerprint density at radius 1 is 1.14 bits per heavy atom. The number of carbonyl (C=O) groups excluding carboxylic acids is 1. The summed E-state index contributed by atoms with van der Waals surface area (Å²) in [5.41, 5.74) is 2.17. The van der Waals surface area contributed by atoms with Crippen LogP contribution in [0.3, 0.4) is 0 Å². The SMILES string of the molecule is CC(c1ccccc1)N(CC(=O)NCCc1ccc(S(N)(=O)=O)cc1)CC1CC1. The van der Waals surface area contributed by atoms with Crippen molar-refractivity contribution in [3.63, 3.8) is 0 Å². The van der Waals surface area contributed by atoms with Gasteiger partial charge in [-0.05, 0) is 55.4 Å². The van der Waals surface area contributed by atoms with Crippen molar-refractivity contribution < 1.29 is 13.2 Å². The van der Waals surface area contributed by atoms with Crippen LogP contribution in [0.15, 0.2) is 59.5 Å². The van der Waals surface area contributed by atoms with E-state index in [0.717, 1.165) is 12.1 Å². The highest BCUT2D eigenvalue weighted by Crippen LogP contribution is 2.32. The van der Waals surface area contributed by atoms with E-state index < -0.39 is 10.0 Å². The molecule has 1 amide bonds. The third kappa shape index (κ3) is 6.66. The molecule has 3 rings (SSSR count). The highest BCUT2D eigenvalue weighted by atomic mass is 32.2. The quantitative estimate of drug-likeness (QED) is 0.623. The maximum Gasteiger partial charge on any atom is 0.238 e. The summed E-state index contributed by atoms with van der Waals surface area (Å²) in [4.78, 5) is 14.9. The van der Waals surface area contributed by atoms with Crippen LogP contribution >= 0.6 is 0 Å². The third-order valence-corrected chi connectivity index (χ3v) is 6.28. The van der Waals surface area contributed by atoms with Crippen molar-refractivity contribution in [1.82, 2.24) is 10.2 Å². The standard InChI is InChI=1S/C22H29N3O3S/c1-17(20-5-3-2-4-6-20)25(15-19-7-8-19)16-22(26)24-14-13-18-9-11-21(12-10-18)29(23,27)28/h2-6,9-12,17,19H,7-8,13-16H2,1H3,(H,24,26)(H2,23,27,28). The average molecular weight is 416 g/mol. The summed E-state index contributed by atoms with van der Waals surface area (Å²) in [5.74, 6) is 0.709. The van der Waals surface area contributed by atoms with E-state index in [1.54, 1.807) is 12.1 Å². The van der Waals surface area contributed by atoms with Crippen molar-refractivity contribution in [1.29, 1.82) is 0 Å². The molecule has 1 saturated carbocycles. The van der Waals surface area contributed by atoms with Gasteiger partial charge in [0.2, 0.25) is 15.9 Å². The van der Waals surface area contributed by atoms with E-state index in [1.165, 1.54) is 30.5 Å². The van der Waals surface area contributed by atoms with E-state index in [4.69, 9.17) is 5.14 Å². The number of benzene rings is 2. The van der Waals surface area contributed by atoms with E-state index in [2.05, 4.69) is 29.3 Å². The van der Waals surface area contributed by atoms with Gasteiger partial charge in [-0.25, -0.2) is 13.6 Å². The summed E-state index contributed by atoms with van der Waals surface area (Å²) >= 11 is 0. The van der Waals surface area contributed by atoms with Crippen molar-refractivity contribution in [3.8, 4) is 0 Å². The van der Waals surface area contributed by atoms with Gasteiger partial charge in [-0.15, -0.1) is 0 Å². The first-order valence-electron chi connectivity index (χ1n) is 10.0. The monoisotopic (exact) mass is 415 g/mol. The second-order valence-electron chi connectivity index (χ2n) is 7.75. The van der Waals surface area contributed by atoms with Crippen molar-refractivity contribution in [2.45, 2.75) is 37.1 Å². The van der Waals surface area contributed by atoms with E-state index >= 15 is 0 Å². The summed E-state index contributed by atoms with van der Waals surface area (Å²) in [7, 11) is -3.68. The van der Waals surface area contributed by atoms with Crippen molar-refractivity contribution in [2.24, 2.45) is 11.1 Å². The summed E-state index contributed by atoms with van der Waals surface area (Å²) in [6.07, 6.45) is 3.12. The molecule has 0 aliphatic heterocycles. The van der Waals surface area contributed by atoms with Crippen LogP contribution in [0, 0.1) is 5.92 Å². The molecular weight excluding hydrogens is 386 g/mol. The molecule has 0 saturated heterocycles. The van der Waals surface area contributed by atoms with Crippen molar-refractivity contribution >= 4 is 15.9 Å². The first-order chi connectivity index (χ1) is 13.8. The molecule has 0 bridgehead atoms. The van der Waals surface area contributed by atoms with Gasteiger partial charge in [-0.2, -0.15) is 0 Å². The zero-order valence-corrected chi connectivity index (χ0v) is 17.6. The molecule has 1 fully saturated rings. The number of rotatable bonds is 10. The number of nitrogens with one attached hydrogen (secondary N) is 1. The van der Waals surface area contributed by atoms with Gasteiger partial charge in [0.1, 0.15) is 0 Å². The second kappa shape index (κ2) is 9.52. The van der Waals surface area contributed by atoms with Gasteiger partial charge in [-0.1, -0.05) is 42.5 Å². The van der Waals surface area contributed by atoms with Crippen LogP contribution in [0.2, 0.25) is 0 Å². The molecular formula is C22H29N3O3S. The molecule has 0 heterocycles. The second-order valence-corrected chi connectivity index (χ2v) is 9.31. The van der Waals surface area contributed by atoms with Crippen LogP contribution in [0.5, 0.6) is 0 Å². The number of sulfonamides is 1. The maximum absolute atomic E-state index is 12.5. The maximum atomic E-state index is 12.5. The number of amides is 1. The molecule has 6 nitrogen and oxygen atoms in total. The fourth-order valence-electron chi connectivity index (χ4n) is 3.37. The van der Waals surface area contributed by atoms with Gasteiger partial charge in [0, 0.05) is 19.1 Å². The van der Waals surface area contributed by atoms with E-state index in [0.29, 0.717) is 25.4 Å². The first-order valence-corrected chi connectivity index (χ1v) is 11.5. The summed E-state index contributed by atoms with van der Waals surface area (Å²) in [6, 6.07) is 16.9. The fraction of sp³-hybridized carbons (Fsp3) is 0.409. The number of hydrogen-bond donors (Lipinski definition) is 2. The Morgan fingerprint density at radius 3 is 2.38 bits per heavy atom. The molecule has 2 aromatic carbocycles. The molecule has 3 N–H and O–H groups in total. The minimum Gasteiger partial charge on any atom is -0.355 e. The minimum atomic E-state index is -3.68. The number of hydrogen-bond acceptors (Lipinski definition) is 4. The highest BCUT2D eigenvalue weighted by Gasteiger charge is 2.28. The van der Waals surface area contributed by atoms with Crippen molar-refractivity contribution in [3.05, 3.63) is 65.7 Å². The Kier molecular flexibility index (Phi) is 7.05. The van der Waals surface area contributed by atoms with Crippen LogP contribution in [-0.2, 0) is 21.2 Å². The molecule has 29 heavy (non-hydrogen) atoms. The Morgan fingerprint density at radius 2 is 1.79 bits per heavy atom.